The molecule has 0 unspecified atom stereocenters. The summed E-state index contributed by atoms with van der Waals surface area (Å²) in [4.78, 5) is 13.8. The predicted molar refractivity (Wildman–Crippen MR) is 135 cm³/mol. The molecule has 176 valence electrons. The van der Waals surface area contributed by atoms with E-state index in [0.29, 0.717) is 5.92 Å². The van der Waals surface area contributed by atoms with Crippen LogP contribution in [0.4, 0.5) is 5.82 Å². The van der Waals surface area contributed by atoms with Crippen LogP contribution in [0, 0.1) is 5.92 Å². The summed E-state index contributed by atoms with van der Waals surface area (Å²) in [7, 11) is 0. The molecule has 0 saturated carbocycles. The van der Waals surface area contributed by atoms with Gasteiger partial charge in [-0.3, -0.25) is 5.10 Å². The van der Waals surface area contributed by atoms with Gasteiger partial charge in [0.1, 0.15) is 16.7 Å². The normalized spacial score (nSPS) is 19.3. The highest BCUT2D eigenvalue weighted by atomic mass is 79.9. The number of aromatic amines is 1. The molecule has 2 saturated heterocycles. The summed E-state index contributed by atoms with van der Waals surface area (Å²) in [5.41, 5.74) is 1.98. The molecule has 0 bridgehead atoms. The average molecular weight is 534 g/mol. The summed E-state index contributed by atoms with van der Waals surface area (Å²) < 4.78 is 7.34. The zero-order valence-electron chi connectivity index (χ0n) is 18.7. The summed E-state index contributed by atoms with van der Waals surface area (Å²) in [5, 5.41) is 8.91. The lowest BCUT2D eigenvalue weighted by Crippen LogP contribution is -2.37. The van der Waals surface area contributed by atoms with Crippen LogP contribution in [0.2, 0.25) is 5.02 Å². The van der Waals surface area contributed by atoms with Gasteiger partial charge in [0.25, 0.3) is 0 Å². The molecule has 0 radical (unpaired) electrons. The second-order valence-electron chi connectivity index (χ2n) is 9.01. The van der Waals surface area contributed by atoms with E-state index in [1.54, 1.807) is 6.33 Å². The van der Waals surface area contributed by atoms with E-state index >= 15 is 0 Å². The van der Waals surface area contributed by atoms with Crippen molar-refractivity contribution in [2.24, 2.45) is 5.92 Å². The number of rotatable bonds is 7. The van der Waals surface area contributed by atoms with Gasteiger partial charge in [-0.25, -0.2) is 9.97 Å². The number of nitrogens with zero attached hydrogens (tertiary/aromatic N) is 5. The van der Waals surface area contributed by atoms with Crippen LogP contribution in [0.3, 0.4) is 0 Å². The molecule has 0 amide bonds. The maximum atomic E-state index is 6.58. The largest absolute Gasteiger partial charge is 0.372 e. The van der Waals surface area contributed by atoms with Crippen molar-refractivity contribution in [2.75, 3.05) is 44.2 Å². The average Bonchev–Trinajstić information content (AvgIpc) is 3.24. The molecule has 2 aliphatic rings. The van der Waals surface area contributed by atoms with Gasteiger partial charge in [-0.05, 0) is 78.3 Å². The minimum atomic E-state index is 0.0836. The van der Waals surface area contributed by atoms with Gasteiger partial charge >= 0.3 is 0 Å². The van der Waals surface area contributed by atoms with Crippen LogP contribution in [0.15, 0.2) is 35.2 Å². The highest BCUT2D eigenvalue weighted by Gasteiger charge is 2.30. The standard InChI is InChI=1S/C24H30BrClN6O/c25-22-20-23(30-29-22)27-16-28-24(20)32-12-8-18(9-13-32)21(17-4-6-19(26)7-5-17)33-15-14-31-10-2-1-3-11-31/h4-7,16,18,21H,1-3,8-15H2,(H,27,28,29,30)/t21-/m0/s1. The second-order valence-corrected chi connectivity index (χ2v) is 10.2. The maximum Gasteiger partial charge on any atom is 0.161 e. The van der Waals surface area contributed by atoms with E-state index in [0.717, 1.165) is 65.6 Å². The molecule has 1 aromatic carbocycles. The number of hydrogen-bond acceptors (Lipinski definition) is 6. The Kier molecular flexibility index (Phi) is 7.45. The Hall–Kier alpha value is -1.74. The van der Waals surface area contributed by atoms with Gasteiger partial charge in [0.2, 0.25) is 0 Å². The fraction of sp³-hybridized carbons (Fsp3) is 0.542. The summed E-state index contributed by atoms with van der Waals surface area (Å²) in [6.45, 7) is 6.02. The topological polar surface area (TPSA) is 70.2 Å². The number of H-pyrrole nitrogens is 1. The number of likely N-dealkylation sites (tertiary alicyclic amines) is 1. The van der Waals surface area contributed by atoms with E-state index in [4.69, 9.17) is 16.3 Å². The van der Waals surface area contributed by atoms with Gasteiger partial charge < -0.3 is 14.5 Å². The predicted octanol–water partition coefficient (Wildman–Crippen LogP) is 5.23. The van der Waals surface area contributed by atoms with Crippen LogP contribution in [-0.4, -0.2) is 64.4 Å². The third kappa shape index (κ3) is 5.34. The van der Waals surface area contributed by atoms with Crippen LogP contribution in [0.25, 0.3) is 11.0 Å². The van der Waals surface area contributed by atoms with Crippen molar-refractivity contribution < 1.29 is 4.74 Å². The first-order valence-electron chi connectivity index (χ1n) is 11.9. The van der Waals surface area contributed by atoms with Crippen LogP contribution in [0.5, 0.6) is 0 Å². The molecular weight excluding hydrogens is 504 g/mol. The zero-order chi connectivity index (χ0) is 22.6. The molecule has 9 heteroatoms. The number of piperidine rings is 2. The van der Waals surface area contributed by atoms with Gasteiger partial charge in [-0.2, -0.15) is 5.10 Å². The number of halogens is 2. The molecule has 2 aromatic heterocycles. The lowest BCUT2D eigenvalue weighted by molar-refractivity contribution is -0.00879. The Morgan fingerprint density at radius 2 is 1.82 bits per heavy atom. The number of nitrogens with one attached hydrogen (secondary N) is 1. The molecule has 7 nitrogen and oxygen atoms in total. The molecule has 5 rings (SSSR count). The van der Waals surface area contributed by atoms with Crippen molar-refractivity contribution in [1.82, 2.24) is 25.1 Å². The van der Waals surface area contributed by atoms with E-state index in [1.165, 1.54) is 37.9 Å². The SMILES string of the molecule is Clc1ccc([C@H](OCCN2CCCCC2)C2CCN(c3ncnc4[nH]nc(Br)c34)CC2)cc1. The first-order chi connectivity index (χ1) is 16.2. The van der Waals surface area contributed by atoms with Crippen molar-refractivity contribution in [3.63, 3.8) is 0 Å². The third-order valence-corrected chi connectivity index (χ3v) is 7.74. The minimum absolute atomic E-state index is 0.0836. The van der Waals surface area contributed by atoms with Crippen molar-refractivity contribution in [3.05, 3.63) is 45.8 Å². The Bertz CT molecular complexity index is 1050. The number of aromatic nitrogens is 4. The lowest BCUT2D eigenvalue weighted by atomic mass is 9.87. The first-order valence-corrected chi connectivity index (χ1v) is 13.0. The van der Waals surface area contributed by atoms with Crippen LogP contribution in [-0.2, 0) is 4.74 Å². The number of hydrogen-bond donors (Lipinski definition) is 1. The van der Waals surface area contributed by atoms with E-state index in [2.05, 4.69) is 58.0 Å². The summed E-state index contributed by atoms with van der Waals surface area (Å²) in [6.07, 6.45) is 7.74. The minimum Gasteiger partial charge on any atom is -0.372 e. The second kappa shape index (κ2) is 10.7. The molecule has 0 aliphatic carbocycles. The molecule has 2 aliphatic heterocycles. The summed E-state index contributed by atoms with van der Waals surface area (Å²) >= 11 is 9.70. The maximum absolute atomic E-state index is 6.58. The van der Waals surface area contributed by atoms with Crippen LogP contribution in [0.1, 0.15) is 43.8 Å². The molecule has 3 aromatic rings. The smallest absolute Gasteiger partial charge is 0.161 e. The molecular formula is C24H30BrClN6O. The molecule has 33 heavy (non-hydrogen) atoms. The van der Waals surface area contributed by atoms with Gasteiger partial charge in [-0.1, -0.05) is 30.2 Å². The van der Waals surface area contributed by atoms with Gasteiger partial charge in [0, 0.05) is 24.7 Å². The summed E-state index contributed by atoms with van der Waals surface area (Å²) in [5.74, 6) is 1.39. The van der Waals surface area contributed by atoms with Crippen molar-refractivity contribution >= 4 is 44.4 Å². The lowest BCUT2D eigenvalue weighted by Gasteiger charge is -2.37. The van der Waals surface area contributed by atoms with Crippen molar-refractivity contribution in [3.8, 4) is 0 Å². The molecule has 4 heterocycles. The highest BCUT2D eigenvalue weighted by molar-refractivity contribution is 9.10. The third-order valence-electron chi connectivity index (χ3n) is 6.91. The Labute approximate surface area is 208 Å². The van der Waals surface area contributed by atoms with Crippen LogP contribution < -0.4 is 4.90 Å². The molecule has 0 spiro atoms. The first kappa shape index (κ1) is 23.0. The van der Waals surface area contributed by atoms with Gasteiger partial charge in [0.15, 0.2) is 5.65 Å². The van der Waals surface area contributed by atoms with E-state index in [9.17, 15) is 0 Å². The fourth-order valence-corrected chi connectivity index (χ4v) is 5.69. The van der Waals surface area contributed by atoms with Gasteiger partial charge in [0.05, 0.1) is 18.1 Å². The van der Waals surface area contributed by atoms with E-state index < -0.39 is 0 Å². The summed E-state index contributed by atoms with van der Waals surface area (Å²) in [6, 6.07) is 8.19. The zero-order valence-corrected chi connectivity index (χ0v) is 21.1. The number of ether oxygens (including phenoxy) is 1. The Balaban J connectivity index is 1.27. The highest BCUT2D eigenvalue weighted by Crippen LogP contribution is 2.37. The number of benzene rings is 1. The number of anilines is 1. The molecule has 2 fully saturated rings. The van der Waals surface area contributed by atoms with Gasteiger partial charge in [-0.15, -0.1) is 0 Å². The van der Waals surface area contributed by atoms with Crippen molar-refractivity contribution in [1.29, 1.82) is 0 Å². The van der Waals surface area contributed by atoms with E-state index in [-0.39, 0.29) is 6.10 Å². The monoisotopic (exact) mass is 532 g/mol. The number of fused-ring (bicyclic) bond motifs is 1. The molecule has 1 N–H and O–H groups in total. The molecule has 1 atom stereocenters. The quantitative estimate of drug-likeness (QED) is 0.448. The van der Waals surface area contributed by atoms with E-state index in [1.807, 2.05) is 12.1 Å². The fourth-order valence-electron chi connectivity index (χ4n) is 5.11. The van der Waals surface area contributed by atoms with Crippen molar-refractivity contribution in [2.45, 2.75) is 38.2 Å². The Morgan fingerprint density at radius 3 is 2.58 bits per heavy atom. The van der Waals surface area contributed by atoms with Crippen LogP contribution >= 0.6 is 27.5 Å². The Morgan fingerprint density at radius 1 is 1.06 bits per heavy atom.